The minimum absolute atomic E-state index is 0.0405. The molecule has 2 saturated heterocycles. The first-order valence-electron chi connectivity index (χ1n) is 7.83. The van der Waals surface area contributed by atoms with Crippen molar-refractivity contribution in [2.24, 2.45) is 23.5 Å². The summed E-state index contributed by atoms with van der Waals surface area (Å²) < 4.78 is 29.2. The van der Waals surface area contributed by atoms with E-state index in [2.05, 4.69) is 20.8 Å². The fourth-order valence-corrected chi connectivity index (χ4v) is 5.97. The highest BCUT2D eigenvalue weighted by Gasteiger charge is 2.40. The molecule has 2 aliphatic rings. The van der Waals surface area contributed by atoms with Gasteiger partial charge in [-0.15, -0.1) is 0 Å². The van der Waals surface area contributed by atoms with Crippen molar-refractivity contribution in [3.8, 4) is 0 Å². The molecule has 0 bridgehead atoms. The first-order chi connectivity index (χ1) is 9.36. The van der Waals surface area contributed by atoms with Crippen LogP contribution in [0.4, 0.5) is 0 Å². The Morgan fingerprint density at radius 3 is 2.30 bits per heavy atom. The molecule has 0 radical (unpaired) electrons. The van der Waals surface area contributed by atoms with Gasteiger partial charge in [0.05, 0.1) is 0 Å². The van der Waals surface area contributed by atoms with Crippen LogP contribution < -0.4 is 5.73 Å². The van der Waals surface area contributed by atoms with E-state index in [0.717, 1.165) is 19.3 Å². The van der Waals surface area contributed by atoms with E-state index in [1.165, 1.54) is 0 Å². The van der Waals surface area contributed by atoms with Crippen molar-refractivity contribution in [2.75, 3.05) is 26.2 Å². The third-order valence-corrected chi connectivity index (χ3v) is 6.76. The van der Waals surface area contributed by atoms with Crippen LogP contribution in [0, 0.1) is 17.8 Å². The number of hydrogen-bond acceptors (Lipinski definition) is 3. The second-order valence-electron chi connectivity index (χ2n) is 6.80. The first kappa shape index (κ1) is 16.2. The highest BCUT2D eigenvalue weighted by atomic mass is 32.2. The topological polar surface area (TPSA) is 66.6 Å². The number of nitrogens with zero attached hydrogens (tertiary/aromatic N) is 2. The second-order valence-corrected chi connectivity index (χ2v) is 8.69. The SMILES string of the molecule is C[C@@H]1C[C@H](C)CN(S(=O)(=O)N2CCC[C@H](C)[C@@H]2CN)C1. The molecule has 6 heteroatoms. The number of piperidine rings is 2. The van der Waals surface area contributed by atoms with E-state index < -0.39 is 10.2 Å². The molecular weight excluding hydrogens is 274 g/mol. The first-order valence-corrected chi connectivity index (χ1v) is 9.23. The van der Waals surface area contributed by atoms with Gasteiger partial charge in [0.1, 0.15) is 0 Å². The molecule has 118 valence electrons. The Hall–Kier alpha value is -0.170. The van der Waals surface area contributed by atoms with Gasteiger partial charge in [-0.1, -0.05) is 20.8 Å². The van der Waals surface area contributed by atoms with Gasteiger partial charge in [-0.2, -0.15) is 17.0 Å². The fraction of sp³-hybridized carbons (Fsp3) is 1.00. The van der Waals surface area contributed by atoms with Crippen LogP contribution in [-0.2, 0) is 10.2 Å². The van der Waals surface area contributed by atoms with Gasteiger partial charge in [-0.05, 0) is 37.0 Å². The summed E-state index contributed by atoms with van der Waals surface area (Å²) in [6.07, 6.45) is 3.12. The third kappa shape index (κ3) is 3.18. The summed E-state index contributed by atoms with van der Waals surface area (Å²) in [6, 6.07) is -0.0405. The van der Waals surface area contributed by atoms with Crippen LogP contribution >= 0.6 is 0 Å². The number of rotatable bonds is 3. The molecule has 0 amide bonds. The van der Waals surface area contributed by atoms with Gasteiger partial charge in [0, 0.05) is 32.2 Å². The van der Waals surface area contributed by atoms with Crippen LogP contribution in [0.25, 0.3) is 0 Å². The maximum atomic E-state index is 12.9. The summed E-state index contributed by atoms with van der Waals surface area (Å²) in [7, 11) is -3.36. The zero-order chi connectivity index (χ0) is 14.9. The summed E-state index contributed by atoms with van der Waals surface area (Å²) in [5.74, 6) is 1.22. The van der Waals surface area contributed by atoms with E-state index in [9.17, 15) is 8.42 Å². The maximum Gasteiger partial charge on any atom is 0.282 e. The van der Waals surface area contributed by atoms with Crippen LogP contribution in [0.2, 0.25) is 0 Å². The van der Waals surface area contributed by atoms with Gasteiger partial charge in [0.2, 0.25) is 0 Å². The Bertz CT molecular complexity index is 416. The summed E-state index contributed by atoms with van der Waals surface area (Å²) in [6.45, 7) is 8.71. The van der Waals surface area contributed by atoms with Gasteiger partial charge >= 0.3 is 0 Å². The molecule has 2 heterocycles. The summed E-state index contributed by atoms with van der Waals surface area (Å²) >= 11 is 0. The molecule has 2 aliphatic heterocycles. The molecule has 2 fully saturated rings. The highest BCUT2D eigenvalue weighted by molar-refractivity contribution is 7.86. The molecule has 0 saturated carbocycles. The zero-order valence-electron chi connectivity index (χ0n) is 13.0. The van der Waals surface area contributed by atoms with E-state index in [1.807, 2.05) is 0 Å². The van der Waals surface area contributed by atoms with Crippen LogP contribution in [0.5, 0.6) is 0 Å². The van der Waals surface area contributed by atoms with Crippen molar-refractivity contribution in [1.82, 2.24) is 8.61 Å². The molecule has 0 aromatic heterocycles. The Labute approximate surface area is 123 Å². The standard InChI is InChI=1S/C14H29N3O2S/c1-11-7-12(2)10-16(9-11)20(18,19)17-6-4-5-13(3)14(17)8-15/h11-14H,4-10,15H2,1-3H3/t11-,12+,13-,14-/m0/s1. The van der Waals surface area contributed by atoms with E-state index in [0.29, 0.717) is 43.9 Å². The third-order valence-electron chi connectivity index (χ3n) is 4.76. The summed E-state index contributed by atoms with van der Waals surface area (Å²) in [4.78, 5) is 0. The molecular formula is C14H29N3O2S. The van der Waals surface area contributed by atoms with Crippen molar-refractivity contribution < 1.29 is 8.42 Å². The minimum atomic E-state index is -3.36. The van der Waals surface area contributed by atoms with Crippen molar-refractivity contribution in [2.45, 2.75) is 46.1 Å². The monoisotopic (exact) mass is 303 g/mol. The molecule has 0 aromatic carbocycles. The smallest absolute Gasteiger partial charge is 0.282 e. The quantitative estimate of drug-likeness (QED) is 0.854. The van der Waals surface area contributed by atoms with Gasteiger partial charge in [0.15, 0.2) is 0 Å². The molecule has 0 unspecified atom stereocenters. The van der Waals surface area contributed by atoms with Crippen LogP contribution in [0.3, 0.4) is 0 Å². The Kier molecular flexibility index (Phi) is 5.10. The average Bonchev–Trinajstić information content (AvgIpc) is 2.37. The van der Waals surface area contributed by atoms with E-state index in [-0.39, 0.29) is 6.04 Å². The summed E-state index contributed by atoms with van der Waals surface area (Å²) in [5.41, 5.74) is 5.84. The maximum absolute atomic E-state index is 12.9. The van der Waals surface area contributed by atoms with Crippen LogP contribution in [0.15, 0.2) is 0 Å². The molecule has 2 N–H and O–H groups in total. The number of hydrogen-bond donors (Lipinski definition) is 1. The lowest BCUT2D eigenvalue weighted by Crippen LogP contribution is -2.57. The van der Waals surface area contributed by atoms with Crippen molar-refractivity contribution in [3.63, 3.8) is 0 Å². The summed E-state index contributed by atoms with van der Waals surface area (Å²) in [5, 5.41) is 0. The highest BCUT2D eigenvalue weighted by Crippen LogP contribution is 2.30. The van der Waals surface area contributed by atoms with Gasteiger partial charge in [0.25, 0.3) is 10.2 Å². The molecule has 0 aromatic rings. The van der Waals surface area contributed by atoms with Crippen molar-refractivity contribution >= 4 is 10.2 Å². The molecule has 0 spiro atoms. The second kappa shape index (κ2) is 6.30. The number of nitrogens with two attached hydrogens (primary N) is 1. The lowest BCUT2D eigenvalue weighted by Gasteiger charge is -2.43. The van der Waals surface area contributed by atoms with Crippen molar-refractivity contribution in [3.05, 3.63) is 0 Å². The largest absolute Gasteiger partial charge is 0.329 e. The lowest BCUT2D eigenvalue weighted by atomic mass is 9.93. The predicted octanol–water partition coefficient (Wildman–Crippen LogP) is 1.27. The Morgan fingerprint density at radius 2 is 1.75 bits per heavy atom. The van der Waals surface area contributed by atoms with Gasteiger partial charge < -0.3 is 5.73 Å². The zero-order valence-corrected chi connectivity index (χ0v) is 13.8. The molecule has 20 heavy (non-hydrogen) atoms. The van der Waals surface area contributed by atoms with Crippen LogP contribution in [-0.4, -0.2) is 49.2 Å². The van der Waals surface area contributed by atoms with Gasteiger partial charge in [-0.25, -0.2) is 0 Å². The Balaban J connectivity index is 2.20. The molecule has 2 rings (SSSR count). The molecule has 5 nitrogen and oxygen atoms in total. The normalized spacial score (nSPS) is 38.0. The van der Waals surface area contributed by atoms with Crippen LogP contribution in [0.1, 0.15) is 40.0 Å². The Morgan fingerprint density at radius 1 is 1.15 bits per heavy atom. The predicted molar refractivity (Wildman–Crippen MR) is 81.4 cm³/mol. The molecule has 0 aliphatic carbocycles. The van der Waals surface area contributed by atoms with E-state index in [1.54, 1.807) is 8.61 Å². The van der Waals surface area contributed by atoms with Gasteiger partial charge in [-0.3, -0.25) is 0 Å². The molecule has 4 atom stereocenters. The fourth-order valence-electron chi connectivity index (χ4n) is 3.79. The lowest BCUT2D eigenvalue weighted by molar-refractivity contribution is 0.160. The van der Waals surface area contributed by atoms with Crippen molar-refractivity contribution in [1.29, 1.82) is 0 Å². The van der Waals surface area contributed by atoms with E-state index >= 15 is 0 Å². The minimum Gasteiger partial charge on any atom is -0.329 e. The average molecular weight is 303 g/mol. The van der Waals surface area contributed by atoms with E-state index in [4.69, 9.17) is 5.73 Å².